The summed E-state index contributed by atoms with van der Waals surface area (Å²) in [6.07, 6.45) is 3.23. The summed E-state index contributed by atoms with van der Waals surface area (Å²) in [5.41, 5.74) is 4.02. The van der Waals surface area contributed by atoms with Gasteiger partial charge < -0.3 is 1.43 Å². The van der Waals surface area contributed by atoms with Crippen molar-refractivity contribution in [3.8, 4) is 0 Å². The van der Waals surface area contributed by atoms with Crippen LogP contribution in [0.1, 0.15) is 80.8 Å². The summed E-state index contributed by atoms with van der Waals surface area (Å²) in [5.74, 6) is 0. The smallest absolute Gasteiger partial charge is 1.00 e. The molecule has 0 saturated heterocycles. The first kappa shape index (κ1) is 39.9. The molecule has 3 radical (unpaired) electrons. The van der Waals surface area contributed by atoms with E-state index in [1.165, 1.54) is 0 Å². The molecule has 0 unspecified atom stereocenters. The van der Waals surface area contributed by atoms with Crippen LogP contribution < -0.4 is 29.6 Å². The quantitative estimate of drug-likeness (QED) is 0.309. The molecule has 0 aromatic heterocycles. The third-order valence-electron chi connectivity index (χ3n) is 4.95. The van der Waals surface area contributed by atoms with E-state index in [-0.39, 0.29) is 48.9 Å². The van der Waals surface area contributed by atoms with E-state index < -0.39 is 22.0 Å². The van der Waals surface area contributed by atoms with Crippen LogP contribution in [0, 0.1) is 0 Å². The van der Waals surface area contributed by atoms with Crippen LogP contribution in [-0.4, -0.2) is 37.7 Å². The van der Waals surface area contributed by atoms with E-state index in [0.29, 0.717) is 0 Å². The van der Waals surface area contributed by atoms with E-state index in [9.17, 15) is 8.42 Å². The topological polar surface area (TPSA) is 58.9 Å². The van der Waals surface area contributed by atoms with E-state index in [1.807, 2.05) is 104 Å². The molecule has 0 bridgehead atoms. The first-order chi connectivity index (χ1) is 16.6. The largest absolute Gasteiger partial charge is 1.00 e. The second-order valence-corrected chi connectivity index (χ2v) is 15.2. The Morgan fingerprint density at radius 1 is 0.711 bits per heavy atom. The van der Waals surface area contributed by atoms with Crippen molar-refractivity contribution in [2.45, 2.75) is 90.6 Å². The average Bonchev–Trinajstić information content (AvgIpc) is 2.77. The van der Waals surface area contributed by atoms with E-state index in [1.54, 1.807) is 0 Å². The van der Waals surface area contributed by atoms with E-state index in [0.717, 1.165) is 58.3 Å². The van der Waals surface area contributed by atoms with Crippen molar-refractivity contribution in [3.63, 3.8) is 0 Å². The van der Waals surface area contributed by atoms with Gasteiger partial charge in [0.15, 0.2) is 0 Å². The predicted molar refractivity (Wildman–Crippen MR) is 168 cm³/mol. The van der Waals surface area contributed by atoms with Gasteiger partial charge in [-0.3, -0.25) is 0 Å². The maximum atomic E-state index is 11.9. The molecule has 2 rings (SSSR count). The standard InChI is InChI=1S/2C14H20ClNOS.B.Na.H/c2*1-11(16-18(17)14(2,3)4)9-10-12-7-5-6-8-13(12)15;;;/h2*5-8H,9-10H2,1-4H3;;;/q;;;+1;-1/t2*18-;;;/m00.../s1. The van der Waals surface area contributed by atoms with Crippen LogP contribution >= 0.6 is 23.2 Å². The Hall–Kier alpha value is -0.275. The minimum absolute atomic E-state index is 0. The molecule has 0 heterocycles. The van der Waals surface area contributed by atoms with E-state index in [2.05, 4.69) is 8.80 Å². The van der Waals surface area contributed by atoms with Crippen LogP contribution in [0.25, 0.3) is 0 Å². The molecule has 2 aromatic carbocycles. The Kier molecular flexibility index (Phi) is 19.9. The molecule has 205 valence electrons. The second kappa shape index (κ2) is 19.0. The Balaban J connectivity index is -0.000000617. The molecule has 2 aromatic rings. The van der Waals surface area contributed by atoms with Crippen molar-refractivity contribution in [1.82, 2.24) is 0 Å². The molecule has 0 aliphatic carbocycles. The Morgan fingerprint density at radius 2 is 1.00 bits per heavy atom. The summed E-state index contributed by atoms with van der Waals surface area (Å²) >= 11 is 12.2. The Morgan fingerprint density at radius 3 is 1.26 bits per heavy atom. The summed E-state index contributed by atoms with van der Waals surface area (Å²) in [6, 6.07) is 15.6. The molecule has 10 heteroatoms. The molecule has 4 nitrogen and oxygen atoms in total. The molecule has 38 heavy (non-hydrogen) atoms. The van der Waals surface area contributed by atoms with Crippen LogP contribution in [0.3, 0.4) is 0 Å². The molecule has 0 spiro atoms. The molecule has 0 fully saturated rings. The maximum Gasteiger partial charge on any atom is 1.00 e. The number of nitrogens with zero attached hydrogens (tertiary/aromatic N) is 2. The zero-order chi connectivity index (χ0) is 27.5. The van der Waals surface area contributed by atoms with Crippen LogP contribution in [0.15, 0.2) is 57.3 Å². The molecule has 2 atom stereocenters. The van der Waals surface area contributed by atoms with Gasteiger partial charge in [-0.25, -0.2) is 8.42 Å². The van der Waals surface area contributed by atoms with Crippen LogP contribution in [0.4, 0.5) is 0 Å². The van der Waals surface area contributed by atoms with Crippen LogP contribution in [0.5, 0.6) is 0 Å². The minimum atomic E-state index is -1.18. The van der Waals surface area contributed by atoms with E-state index >= 15 is 0 Å². The summed E-state index contributed by atoms with van der Waals surface area (Å²) in [6.45, 7) is 15.4. The average molecular weight is 606 g/mol. The first-order valence-electron chi connectivity index (χ1n) is 12.0. The van der Waals surface area contributed by atoms with Crippen molar-refractivity contribution in [2.75, 3.05) is 0 Å². The van der Waals surface area contributed by atoms with Gasteiger partial charge in [0, 0.05) is 29.9 Å². The van der Waals surface area contributed by atoms with Crippen molar-refractivity contribution in [3.05, 3.63) is 69.7 Å². The predicted octanol–water partition coefficient (Wildman–Crippen LogP) is 5.13. The number of halogens is 2. The molecular weight excluding hydrogens is 565 g/mol. The fourth-order valence-electron chi connectivity index (χ4n) is 2.68. The second-order valence-electron chi connectivity index (χ2n) is 10.6. The monoisotopic (exact) mass is 605 g/mol. The van der Waals surface area contributed by atoms with Gasteiger partial charge in [0.05, 0.1) is 9.49 Å². The Bertz CT molecular complexity index is 1030. The summed E-state index contributed by atoms with van der Waals surface area (Å²) in [5, 5.41) is 1.56. The SMILES string of the molecule is CC(CCc1ccccc1Cl)=N[S@@](=O)C(C)(C)C.CC(CCc1ccccc1Cl)=N[S@@](=O)C(C)(C)C.[B].[H-].[Na+]. The van der Waals surface area contributed by atoms with Crippen LogP contribution in [-0.2, 0) is 34.8 Å². The third-order valence-corrected chi connectivity index (χ3v) is 8.74. The number of aryl methyl sites for hydroxylation is 2. The molecule has 0 N–H and O–H groups in total. The third kappa shape index (κ3) is 16.1. The Labute approximate surface area is 271 Å². The fourth-order valence-corrected chi connectivity index (χ4v) is 4.44. The first-order valence-corrected chi connectivity index (χ1v) is 15.0. The number of rotatable bonds is 8. The summed E-state index contributed by atoms with van der Waals surface area (Å²) < 4.78 is 31.6. The van der Waals surface area contributed by atoms with Gasteiger partial charge in [-0.15, -0.1) is 0 Å². The summed E-state index contributed by atoms with van der Waals surface area (Å²) in [7, 11) is -2.35. The maximum absolute atomic E-state index is 11.9. The molecular formula is C28H41BCl2N2NaO2S2. The van der Waals surface area contributed by atoms with Gasteiger partial charge in [-0.1, -0.05) is 59.6 Å². The molecule has 0 saturated carbocycles. The van der Waals surface area contributed by atoms with Gasteiger partial charge in [-0.05, 0) is 104 Å². The minimum Gasteiger partial charge on any atom is -1.00 e. The zero-order valence-electron chi connectivity index (χ0n) is 25.3. The van der Waals surface area contributed by atoms with Gasteiger partial charge >= 0.3 is 29.6 Å². The molecule has 0 aliphatic heterocycles. The van der Waals surface area contributed by atoms with Gasteiger partial charge in [-0.2, -0.15) is 8.80 Å². The summed E-state index contributed by atoms with van der Waals surface area (Å²) in [4.78, 5) is 0. The van der Waals surface area contributed by atoms with Crippen LogP contribution in [0.2, 0.25) is 10.0 Å². The number of hydrogen-bond donors (Lipinski definition) is 0. The molecule has 0 aliphatic rings. The van der Waals surface area contributed by atoms with Gasteiger partial charge in [0.2, 0.25) is 0 Å². The van der Waals surface area contributed by atoms with Gasteiger partial charge in [0.25, 0.3) is 0 Å². The van der Waals surface area contributed by atoms with Gasteiger partial charge in [0.1, 0.15) is 22.0 Å². The van der Waals surface area contributed by atoms with Crippen molar-refractivity contribution < 1.29 is 39.4 Å². The number of hydrogen-bond acceptors (Lipinski definition) is 2. The normalized spacial score (nSPS) is 13.8. The zero-order valence-corrected chi connectivity index (χ0v) is 29.5. The van der Waals surface area contributed by atoms with E-state index in [4.69, 9.17) is 23.2 Å². The van der Waals surface area contributed by atoms with Crippen molar-refractivity contribution in [2.24, 2.45) is 8.80 Å². The molecule has 0 amide bonds. The fraction of sp³-hybridized carbons (Fsp3) is 0.500. The van der Waals surface area contributed by atoms with Crippen molar-refractivity contribution >= 4 is 65.0 Å². The number of benzene rings is 2. The van der Waals surface area contributed by atoms with Crippen molar-refractivity contribution in [1.29, 1.82) is 0 Å².